The Morgan fingerprint density at radius 2 is 1.38 bits per heavy atom. The highest BCUT2D eigenvalue weighted by molar-refractivity contribution is 9.13. The van der Waals surface area contributed by atoms with Crippen LogP contribution in [0.2, 0.25) is 0 Å². The molecule has 0 aliphatic heterocycles. The van der Waals surface area contributed by atoms with Crippen LogP contribution in [-0.4, -0.2) is 40.6 Å². The van der Waals surface area contributed by atoms with Crippen molar-refractivity contribution in [1.82, 2.24) is 0 Å². The van der Waals surface area contributed by atoms with E-state index >= 15 is 0 Å². The largest absolute Gasteiger partial charge is 0.464 e. The first-order chi connectivity index (χ1) is 9.83. The zero-order chi connectivity index (χ0) is 16.5. The zero-order valence-corrected chi connectivity index (χ0v) is 16.2. The molecule has 7 heteroatoms. The average Bonchev–Trinajstić information content (AvgIpc) is 2.44. The van der Waals surface area contributed by atoms with Crippen molar-refractivity contribution in [3.05, 3.63) is 0 Å². The third kappa shape index (κ3) is 4.93. The van der Waals surface area contributed by atoms with Crippen molar-refractivity contribution in [2.75, 3.05) is 19.8 Å². The van der Waals surface area contributed by atoms with Gasteiger partial charge < -0.3 is 14.2 Å². The lowest BCUT2D eigenvalue weighted by Crippen LogP contribution is -2.59. The maximum absolute atomic E-state index is 12.4. The summed E-state index contributed by atoms with van der Waals surface area (Å²) in [6.45, 7) is 7.83. The molecule has 0 spiro atoms. The Labute approximate surface area is 143 Å². The number of carbonyl (C=O) groups is 2. The fourth-order valence-corrected chi connectivity index (χ4v) is 3.20. The molecule has 0 rings (SSSR count). The quantitative estimate of drug-likeness (QED) is 0.300. The number of hydrogen-bond donors (Lipinski definition) is 0. The second kappa shape index (κ2) is 9.79. The van der Waals surface area contributed by atoms with Gasteiger partial charge in [0.25, 0.3) is 4.32 Å². The summed E-state index contributed by atoms with van der Waals surface area (Å²) in [6, 6.07) is 0. The van der Waals surface area contributed by atoms with Gasteiger partial charge in [0, 0.05) is 6.61 Å². The van der Waals surface area contributed by atoms with E-state index in [1.807, 2.05) is 6.92 Å². The summed E-state index contributed by atoms with van der Waals surface area (Å²) in [4.78, 5) is 24.8. The molecule has 0 aromatic rings. The molecule has 0 saturated heterocycles. The van der Waals surface area contributed by atoms with E-state index in [0.29, 0.717) is 13.0 Å². The Kier molecular flexibility index (Phi) is 9.73. The van der Waals surface area contributed by atoms with Gasteiger partial charge in [-0.05, 0) is 33.6 Å². The molecule has 0 heterocycles. The van der Waals surface area contributed by atoms with E-state index in [9.17, 15) is 9.59 Å². The molecule has 0 saturated carbocycles. The second-order valence-corrected chi connectivity index (χ2v) is 6.83. The van der Waals surface area contributed by atoms with Gasteiger partial charge in [-0.25, -0.2) is 9.59 Å². The summed E-state index contributed by atoms with van der Waals surface area (Å²) in [5, 5.41) is 0. The average molecular weight is 432 g/mol. The van der Waals surface area contributed by atoms with Crippen molar-refractivity contribution >= 4 is 43.8 Å². The smallest absolute Gasteiger partial charge is 0.338 e. The van der Waals surface area contributed by atoms with Crippen LogP contribution in [0.4, 0.5) is 0 Å². The highest BCUT2D eigenvalue weighted by Gasteiger charge is 2.62. The first-order valence-corrected chi connectivity index (χ1v) is 8.78. The van der Waals surface area contributed by atoms with Gasteiger partial charge in [0.05, 0.1) is 13.2 Å². The molecule has 0 fully saturated rings. The standard InChI is InChI=1S/C14H24Br2O5/c1-5-9-10-13(15,21-8-4)14(16,11(17)19-6-2)12(18)20-7-3/h5-10H2,1-4H3. The minimum Gasteiger partial charge on any atom is -0.464 e. The van der Waals surface area contributed by atoms with Crippen LogP contribution in [0, 0.1) is 0 Å². The molecular formula is C14H24Br2O5. The summed E-state index contributed by atoms with van der Waals surface area (Å²) in [5.41, 5.74) is 0. The minimum absolute atomic E-state index is 0.161. The summed E-state index contributed by atoms with van der Waals surface area (Å²) in [5.74, 6) is -1.44. The summed E-state index contributed by atoms with van der Waals surface area (Å²) in [7, 11) is 0. The van der Waals surface area contributed by atoms with Crippen LogP contribution in [0.5, 0.6) is 0 Å². The number of hydrogen-bond acceptors (Lipinski definition) is 5. The van der Waals surface area contributed by atoms with Crippen LogP contribution >= 0.6 is 31.9 Å². The monoisotopic (exact) mass is 430 g/mol. The van der Waals surface area contributed by atoms with Crippen LogP contribution in [0.3, 0.4) is 0 Å². The maximum atomic E-state index is 12.4. The number of ether oxygens (including phenoxy) is 3. The molecule has 0 bridgehead atoms. The van der Waals surface area contributed by atoms with E-state index < -0.39 is 20.8 Å². The summed E-state index contributed by atoms with van der Waals surface area (Å²) < 4.78 is 12.8. The van der Waals surface area contributed by atoms with Crippen molar-refractivity contribution in [2.24, 2.45) is 0 Å². The molecule has 0 aromatic heterocycles. The van der Waals surface area contributed by atoms with E-state index in [0.717, 1.165) is 12.8 Å². The van der Waals surface area contributed by atoms with E-state index in [1.54, 1.807) is 20.8 Å². The fourth-order valence-electron chi connectivity index (χ4n) is 1.83. The molecule has 0 amide bonds. The normalized spacial score (nSPS) is 14.4. The van der Waals surface area contributed by atoms with Crippen molar-refractivity contribution in [2.45, 2.75) is 55.8 Å². The van der Waals surface area contributed by atoms with Gasteiger partial charge in [-0.3, -0.25) is 0 Å². The Balaban J connectivity index is 5.67. The number of rotatable bonds is 10. The third-order valence-corrected chi connectivity index (χ3v) is 5.89. The number of carbonyl (C=O) groups excluding carboxylic acids is 2. The van der Waals surface area contributed by atoms with E-state index in [4.69, 9.17) is 14.2 Å². The van der Waals surface area contributed by atoms with Crippen LogP contribution < -0.4 is 0 Å². The number of unbranched alkanes of at least 4 members (excludes halogenated alkanes) is 1. The summed E-state index contributed by atoms with van der Waals surface area (Å²) >= 11 is 6.69. The van der Waals surface area contributed by atoms with E-state index in [2.05, 4.69) is 31.9 Å². The van der Waals surface area contributed by atoms with Crippen LogP contribution in [0.1, 0.15) is 47.0 Å². The Morgan fingerprint density at radius 3 is 1.71 bits per heavy atom. The molecule has 21 heavy (non-hydrogen) atoms. The maximum Gasteiger partial charge on any atom is 0.338 e. The molecular weight excluding hydrogens is 408 g/mol. The molecule has 0 radical (unpaired) electrons. The van der Waals surface area contributed by atoms with Crippen LogP contribution in [0.25, 0.3) is 0 Å². The highest BCUT2D eigenvalue weighted by Crippen LogP contribution is 2.45. The van der Waals surface area contributed by atoms with Crippen molar-refractivity contribution in [1.29, 1.82) is 0 Å². The predicted molar refractivity (Wildman–Crippen MR) is 87.7 cm³/mol. The minimum atomic E-state index is -1.74. The third-order valence-electron chi connectivity index (χ3n) is 2.85. The van der Waals surface area contributed by atoms with Crippen LogP contribution in [-0.2, 0) is 23.8 Å². The first kappa shape index (κ1) is 20.9. The topological polar surface area (TPSA) is 61.8 Å². The van der Waals surface area contributed by atoms with Gasteiger partial charge >= 0.3 is 11.9 Å². The highest BCUT2D eigenvalue weighted by atomic mass is 79.9. The van der Waals surface area contributed by atoms with Crippen molar-refractivity contribution in [3.8, 4) is 0 Å². The molecule has 0 aliphatic carbocycles. The Morgan fingerprint density at radius 1 is 0.905 bits per heavy atom. The summed E-state index contributed by atoms with van der Waals surface area (Å²) in [6.07, 6.45) is 2.13. The second-order valence-electron chi connectivity index (χ2n) is 4.36. The number of esters is 2. The van der Waals surface area contributed by atoms with Gasteiger partial charge in [-0.2, -0.15) is 0 Å². The Hall–Kier alpha value is -0.140. The lowest BCUT2D eigenvalue weighted by molar-refractivity contribution is -0.166. The van der Waals surface area contributed by atoms with E-state index in [1.165, 1.54) is 0 Å². The zero-order valence-electron chi connectivity index (χ0n) is 13.0. The molecule has 5 nitrogen and oxygen atoms in total. The van der Waals surface area contributed by atoms with Gasteiger partial charge in [0.15, 0.2) is 4.51 Å². The first-order valence-electron chi connectivity index (χ1n) is 7.20. The Bertz CT molecular complexity index is 330. The molecule has 124 valence electrons. The molecule has 0 aromatic carbocycles. The number of halogens is 2. The lowest BCUT2D eigenvalue weighted by atomic mass is 9.96. The SMILES string of the molecule is CCCCC(Br)(OCC)C(Br)(C(=O)OCC)C(=O)OCC. The van der Waals surface area contributed by atoms with Gasteiger partial charge in [-0.1, -0.05) is 45.2 Å². The predicted octanol–water partition coefficient (Wildman–Crippen LogP) is 3.56. The molecule has 1 unspecified atom stereocenters. The van der Waals surface area contributed by atoms with Crippen molar-refractivity contribution < 1.29 is 23.8 Å². The molecule has 0 aliphatic rings. The van der Waals surface area contributed by atoms with Crippen molar-refractivity contribution in [3.63, 3.8) is 0 Å². The van der Waals surface area contributed by atoms with E-state index in [-0.39, 0.29) is 13.2 Å². The van der Waals surface area contributed by atoms with Gasteiger partial charge in [0.2, 0.25) is 0 Å². The molecule has 0 N–H and O–H groups in total. The molecule has 1 atom stereocenters. The van der Waals surface area contributed by atoms with Crippen LogP contribution in [0.15, 0.2) is 0 Å². The lowest BCUT2D eigenvalue weighted by Gasteiger charge is -2.38. The van der Waals surface area contributed by atoms with Gasteiger partial charge in [0.1, 0.15) is 0 Å². The number of alkyl halides is 2. The fraction of sp³-hybridized carbons (Fsp3) is 0.857. The van der Waals surface area contributed by atoms with Gasteiger partial charge in [-0.15, -0.1) is 0 Å².